The molecule has 23 heavy (non-hydrogen) atoms. The molecular weight excluding hydrogens is 382 g/mol. The summed E-state index contributed by atoms with van der Waals surface area (Å²) >= 11 is 3.42. The monoisotopic (exact) mass is 399 g/mol. The molecule has 0 saturated heterocycles. The largest absolute Gasteiger partial charge is 0.484 e. The SMILES string of the molecule is CCS(=O)(=O)CCNC(=O)COc1ccc2cc(Br)ccc2c1. The Labute approximate surface area is 144 Å². The Bertz CT molecular complexity index is 805. The molecule has 1 N–H and O–H groups in total. The normalized spacial score (nSPS) is 11.4. The van der Waals surface area contributed by atoms with Crippen molar-refractivity contribution in [2.45, 2.75) is 6.92 Å². The van der Waals surface area contributed by atoms with Crippen LogP contribution in [-0.2, 0) is 14.6 Å². The van der Waals surface area contributed by atoms with Gasteiger partial charge in [-0.2, -0.15) is 0 Å². The van der Waals surface area contributed by atoms with Crippen LogP contribution in [0.1, 0.15) is 6.92 Å². The van der Waals surface area contributed by atoms with E-state index in [0.717, 1.165) is 15.2 Å². The average Bonchev–Trinajstić information content (AvgIpc) is 2.52. The topological polar surface area (TPSA) is 72.5 Å². The van der Waals surface area contributed by atoms with Crippen LogP contribution in [0.2, 0.25) is 0 Å². The van der Waals surface area contributed by atoms with E-state index in [2.05, 4.69) is 21.2 Å². The van der Waals surface area contributed by atoms with Gasteiger partial charge in [-0.3, -0.25) is 4.79 Å². The maximum atomic E-state index is 11.7. The molecule has 2 aromatic rings. The Kier molecular flexibility index (Phi) is 6.01. The molecule has 5 nitrogen and oxygen atoms in total. The molecule has 0 aliphatic heterocycles. The first-order valence-corrected chi connectivity index (χ1v) is 9.80. The Morgan fingerprint density at radius 3 is 2.61 bits per heavy atom. The molecule has 0 atom stereocenters. The number of nitrogens with one attached hydrogen (secondary N) is 1. The van der Waals surface area contributed by atoms with Crippen LogP contribution in [0, 0.1) is 0 Å². The van der Waals surface area contributed by atoms with Gasteiger partial charge in [0, 0.05) is 16.8 Å². The van der Waals surface area contributed by atoms with E-state index < -0.39 is 9.84 Å². The van der Waals surface area contributed by atoms with Gasteiger partial charge in [0.25, 0.3) is 5.91 Å². The lowest BCUT2D eigenvalue weighted by Crippen LogP contribution is -2.33. The van der Waals surface area contributed by atoms with Crippen LogP contribution >= 0.6 is 15.9 Å². The van der Waals surface area contributed by atoms with E-state index in [1.165, 1.54) is 0 Å². The highest BCUT2D eigenvalue weighted by Crippen LogP contribution is 2.24. The van der Waals surface area contributed by atoms with Gasteiger partial charge >= 0.3 is 0 Å². The summed E-state index contributed by atoms with van der Waals surface area (Å²) in [6, 6.07) is 11.5. The van der Waals surface area contributed by atoms with E-state index in [4.69, 9.17) is 4.74 Å². The van der Waals surface area contributed by atoms with Gasteiger partial charge in [0.15, 0.2) is 16.4 Å². The van der Waals surface area contributed by atoms with Gasteiger partial charge in [0.1, 0.15) is 5.75 Å². The van der Waals surface area contributed by atoms with Crippen LogP contribution in [0.15, 0.2) is 40.9 Å². The number of amides is 1. The highest BCUT2D eigenvalue weighted by atomic mass is 79.9. The number of hydrogen-bond acceptors (Lipinski definition) is 4. The molecule has 0 bridgehead atoms. The highest BCUT2D eigenvalue weighted by molar-refractivity contribution is 9.10. The zero-order valence-electron chi connectivity index (χ0n) is 12.7. The standard InChI is InChI=1S/C16H18BrNO4S/c1-2-23(20,21)8-7-18-16(19)11-22-15-6-4-12-9-14(17)5-3-13(12)10-15/h3-6,9-10H,2,7-8,11H2,1H3,(H,18,19). The summed E-state index contributed by atoms with van der Waals surface area (Å²) in [6.45, 7) is 1.54. The van der Waals surface area contributed by atoms with E-state index in [9.17, 15) is 13.2 Å². The summed E-state index contributed by atoms with van der Waals surface area (Å²) in [6.07, 6.45) is 0. The van der Waals surface area contributed by atoms with E-state index >= 15 is 0 Å². The third kappa shape index (κ3) is 5.51. The van der Waals surface area contributed by atoms with Crippen LogP contribution in [0.3, 0.4) is 0 Å². The number of rotatable bonds is 7. The van der Waals surface area contributed by atoms with Crippen molar-refractivity contribution in [3.05, 3.63) is 40.9 Å². The predicted molar refractivity (Wildman–Crippen MR) is 94.5 cm³/mol. The van der Waals surface area contributed by atoms with Crippen LogP contribution in [0.25, 0.3) is 10.8 Å². The maximum absolute atomic E-state index is 11.7. The molecule has 0 aromatic heterocycles. The Morgan fingerprint density at radius 2 is 1.87 bits per heavy atom. The lowest BCUT2D eigenvalue weighted by Gasteiger charge is -2.08. The Morgan fingerprint density at radius 1 is 1.17 bits per heavy atom. The predicted octanol–water partition coefficient (Wildman–Crippen LogP) is 2.53. The summed E-state index contributed by atoms with van der Waals surface area (Å²) in [5, 5.41) is 4.62. The molecule has 0 unspecified atom stereocenters. The zero-order valence-corrected chi connectivity index (χ0v) is 15.1. The number of sulfone groups is 1. The maximum Gasteiger partial charge on any atom is 0.257 e. The van der Waals surface area contributed by atoms with Crippen molar-refractivity contribution in [3.63, 3.8) is 0 Å². The molecule has 0 fully saturated rings. The minimum Gasteiger partial charge on any atom is -0.484 e. The molecule has 1 amide bonds. The van der Waals surface area contributed by atoms with Crippen molar-refractivity contribution in [1.29, 1.82) is 0 Å². The number of carbonyl (C=O) groups is 1. The number of hydrogen-bond donors (Lipinski definition) is 1. The van der Waals surface area contributed by atoms with E-state index in [0.29, 0.717) is 5.75 Å². The van der Waals surface area contributed by atoms with Gasteiger partial charge in [-0.05, 0) is 35.0 Å². The third-order valence-electron chi connectivity index (χ3n) is 3.32. The molecule has 0 radical (unpaired) electrons. The molecule has 0 saturated carbocycles. The molecule has 0 aliphatic carbocycles. The second-order valence-electron chi connectivity index (χ2n) is 5.03. The second-order valence-corrected chi connectivity index (χ2v) is 8.42. The molecular formula is C16H18BrNO4S. The van der Waals surface area contributed by atoms with Gasteiger partial charge in [0.2, 0.25) is 0 Å². The summed E-state index contributed by atoms with van der Waals surface area (Å²) in [5.74, 6) is 0.274. The second kappa shape index (κ2) is 7.79. The Balaban J connectivity index is 1.86. The lowest BCUT2D eigenvalue weighted by molar-refractivity contribution is -0.122. The van der Waals surface area contributed by atoms with Crippen LogP contribution in [0.5, 0.6) is 5.75 Å². The molecule has 0 heterocycles. The number of fused-ring (bicyclic) bond motifs is 1. The van der Waals surface area contributed by atoms with Crippen molar-refractivity contribution in [1.82, 2.24) is 5.32 Å². The molecule has 124 valence electrons. The smallest absolute Gasteiger partial charge is 0.257 e. The fourth-order valence-electron chi connectivity index (χ4n) is 1.97. The first kappa shape index (κ1) is 17.7. The third-order valence-corrected chi connectivity index (χ3v) is 5.52. The first-order valence-electron chi connectivity index (χ1n) is 7.19. The molecule has 0 spiro atoms. The van der Waals surface area contributed by atoms with Crippen molar-refractivity contribution in [2.24, 2.45) is 0 Å². The lowest BCUT2D eigenvalue weighted by atomic mass is 10.1. The van der Waals surface area contributed by atoms with Crippen LogP contribution in [0.4, 0.5) is 0 Å². The Hall–Kier alpha value is -1.60. The highest BCUT2D eigenvalue weighted by Gasteiger charge is 2.09. The fraction of sp³-hybridized carbons (Fsp3) is 0.312. The van der Waals surface area contributed by atoms with Crippen molar-refractivity contribution in [3.8, 4) is 5.75 Å². The van der Waals surface area contributed by atoms with Gasteiger partial charge < -0.3 is 10.1 Å². The van der Waals surface area contributed by atoms with Crippen LogP contribution in [-0.4, -0.2) is 39.0 Å². The first-order chi connectivity index (χ1) is 10.9. The van der Waals surface area contributed by atoms with E-state index in [-0.39, 0.29) is 30.6 Å². The zero-order chi connectivity index (χ0) is 16.9. The number of carbonyl (C=O) groups excluding carboxylic acids is 1. The van der Waals surface area contributed by atoms with Gasteiger partial charge in [0.05, 0.1) is 5.75 Å². The van der Waals surface area contributed by atoms with Crippen molar-refractivity contribution in [2.75, 3.05) is 24.7 Å². The summed E-state index contributed by atoms with van der Waals surface area (Å²) in [7, 11) is -3.07. The van der Waals surface area contributed by atoms with Gasteiger partial charge in [-0.15, -0.1) is 0 Å². The minimum absolute atomic E-state index is 0.0555. The van der Waals surface area contributed by atoms with Crippen molar-refractivity contribution < 1.29 is 17.9 Å². The summed E-state index contributed by atoms with van der Waals surface area (Å²) in [4.78, 5) is 11.7. The molecule has 7 heteroatoms. The van der Waals surface area contributed by atoms with E-state index in [1.807, 2.05) is 30.3 Å². The van der Waals surface area contributed by atoms with Crippen LogP contribution < -0.4 is 10.1 Å². The summed E-state index contributed by atoms with van der Waals surface area (Å²) < 4.78 is 29.1. The molecule has 0 aliphatic rings. The number of ether oxygens (including phenoxy) is 1. The van der Waals surface area contributed by atoms with Gasteiger partial charge in [-0.1, -0.05) is 35.0 Å². The molecule has 2 rings (SSSR count). The van der Waals surface area contributed by atoms with Crippen molar-refractivity contribution >= 4 is 42.4 Å². The fourth-order valence-corrected chi connectivity index (χ4v) is 3.06. The average molecular weight is 400 g/mol. The summed E-state index contributed by atoms with van der Waals surface area (Å²) in [5.41, 5.74) is 0. The number of halogens is 1. The number of benzene rings is 2. The van der Waals surface area contributed by atoms with E-state index in [1.54, 1.807) is 13.0 Å². The molecule has 2 aromatic carbocycles. The quantitative estimate of drug-likeness (QED) is 0.776. The minimum atomic E-state index is -3.07. The van der Waals surface area contributed by atoms with Gasteiger partial charge in [-0.25, -0.2) is 8.42 Å².